The molecule has 1 aromatic heterocycles. The van der Waals surface area contributed by atoms with Crippen LogP contribution in [0.25, 0.3) is 0 Å². The highest BCUT2D eigenvalue weighted by Crippen LogP contribution is 2.22. The van der Waals surface area contributed by atoms with Crippen LogP contribution in [0.1, 0.15) is 40.3 Å². The van der Waals surface area contributed by atoms with Crippen molar-refractivity contribution in [1.29, 1.82) is 0 Å². The lowest BCUT2D eigenvalue weighted by molar-refractivity contribution is -0.121. The topological polar surface area (TPSA) is 92.7 Å². The summed E-state index contributed by atoms with van der Waals surface area (Å²) in [5, 5.41) is 0. The molecule has 4 rings (SSSR count). The molecule has 26 heavy (non-hydrogen) atoms. The molecule has 2 aliphatic heterocycles. The third-order valence-corrected chi connectivity index (χ3v) is 5.18. The van der Waals surface area contributed by atoms with Crippen molar-refractivity contribution in [2.24, 2.45) is 5.73 Å². The van der Waals surface area contributed by atoms with Crippen LogP contribution in [0, 0.1) is 0 Å². The molecule has 2 amide bonds. The first-order valence-corrected chi connectivity index (χ1v) is 8.95. The number of amides is 2. The highest BCUT2D eigenvalue weighted by molar-refractivity contribution is 5.96. The number of fused-ring (bicyclic) bond motifs is 1. The van der Waals surface area contributed by atoms with E-state index in [9.17, 15) is 9.59 Å². The molecule has 7 heteroatoms. The largest absolute Gasteiger partial charge is 0.447 e. The number of nitrogens with zero attached hydrogens (tertiary/aromatic N) is 3. The lowest BCUT2D eigenvalue weighted by Crippen LogP contribution is -2.43. The van der Waals surface area contributed by atoms with Gasteiger partial charge >= 0.3 is 0 Å². The maximum Gasteiger partial charge on any atom is 0.276 e. The van der Waals surface area contributed by atoms with Crippen LogP contribution < -0.4 is 5.73 Å². The molecule has 2 aliphatic rings. The standard InChI is InChI=1S/C19H22N4O3/c20-18(24)16-6-3-8-23(16)19(25)15-12-26-17(21-15)11-22-9-7-13-4-1-2-5-14(13)10-22/h1-2,4-5,12,16H,3,6-11H2,(H2,20,24)/t16-/m0/s1. The highest BCUT2D eigenvalue weighted by atomic mass is 16.3. The zero-order valence-electron chi connectivity index (χ0n) is 14.6. The predicted octanol–water partition coefficient (Wildman–Crippen LogP) is 1.32. The first kappa shape index (κ1) is 16.8. The molecule has 136 valence electrons. The van der Waals surface area contributed by atoms with Gasteiger partial charge in [-0.15, -0.1) is 0 Å². The van der Waals surface area contributed by atoms with Crippen LogP contribution in [0.3, 0.4) is 0 Å². The van der Waals surface area contributed by atoms with Gasteiger partial charge in [0.25, 0.3) is 5.91 Å². The molecule has 1 atom stereocenters. The van der Waals surface area contributed by atoms with Crippen molar-refractivity contribution in [3.63, 3.8) is 0 Å². The Kier molecular flexibility index (Phi) is 4.46. The third kappa shape index (κ3) is 3.22. The highest BCUT2D eigenvalue weighted by Gasteiger charge is 2.34. The number of nitrogens with two attached hydrogens (primary N) is 1. The Balaban J connectivity index is 1.42. The smallest absolute Gasteiger partial charge is 0.276 e. The van der Waals surface area contributed by atoms with Gasteiger partial charge in [0.05, 0.1) is 6.54 Å². The number of aromatic nitrogens is 1. The normalized spacial score (nSPS) is 20.2. The lowest BCUT2D eigenvalue weighted by atomic mass is 10.00. The molecule has 1 saturated heterocycles. The van der Waals surface area contributed by atoms with Gasteiger partial charge in [-0.05, 0) is 30.4 Å². The molecule has 7 nitrogen and oxygen atoms in total. The summed E-state index contributed by atoms with van der Waals surface area (Å²) in [4.78, 5) is 32.2. The van der Waals surface area contributed by atoms with E-state index in [0.29, 0.717) is 25.4 Å². The Bertz CT molecular complexity index is 832. The average Bonchev–Trinajstić information content (AvgIpc) is 3.30. The van der Waals surface area contributed by atoms with Gasteiger partial charge in [-0.2, -0.15) is 0 Å². The van der Waals surface area contributed by atoms with Gasteiger partial charge in [0.15, 0.2) is 5.69 Å². The molecule has 2 aromatic rings. The second kappa shape index (κ2) is 6.92. The summed E-state index contributed by atoms with van der Waals surface area (Å²) in [5.74, 6) is -0.237. The number of benzene rings is 1. The summed E-state index contributed by atoms with van der Waals surface area (Å²) >= 11 is 0. The van der Waals surface area contributed by atoms with Crippen LogP contribution >= 0.6 is 0 Å². The van der Waals surface area contributed by atoms with Crippen LogP contribution in [0.2, 0.25) is 0 Å². The van der Waals surface area contributed by atoms with Gasteiger partial charge in [-0.1, -0.05) is 24.3 Å². The van der Waals surface area contributed by atoms with Crippen LogP contribution in [0.5, 0.6) is 0 Å². The van der Waals surface area contributed by atoms with E-state index in [1.165, 1.54) is 22.3 Å². The first-order chi connectivity index (χ1) is 12.6. The Morgan fingerprint density at radius 1 is 1.23 bits per heavy atom. The van der Waals surface area contributed by atoms with E-state index in [0.717, 1.165) is 25.9 Å². The molecule has 0 saturated carbocycles. The van der Waals surface area contributed by atoms with Gasteiger partial charge < -0.3 is 15.1 Å². The van der Waals surface area contributed by atoms with E-state index in [2.05, 4.69) is 34.1 Å². The maximum absolute atomic E-state index is 12.6. The van der Waals surface area contributed by atoms with Gasteiger partial charge in [-0.3, -0.25) is 14.5 Å². The minimum Gasteiger partial charge on any atom is -0.447 e. The van der Waals surface area contributed by atoms with Crippen LogP contribution in [0.15, 0.2) is 34.9 Å². The number of rotatable bonds is 4. The van der Waals surface area contributed by atoms with Crippen molar-refractivity contribution in [1.82, 2.24) is 14.8 Å². The molecule has 0 spiro atoms. The lowest BCUT2D eigenvalue weighted by Gasteiger charge is -2.27. The quantitative estimate of drug-likeness (QED) is 0.894. The molecule has 0 unspecified atom stereocenters. The SMILES string of the molecule is NC(=O)[C@@H]1CCCN1C(=O)c1coc(CN2CCc3ccccc3C2)n1. The summed E-state index contributed by atoms with van der Waals surface area (Å²) in [6.45, 7) is 2.86. The number of hydrogen-bond donors (Lipinski definition) is 1. The number of carbonyl (C=O) groups excluding carboxylic acids is 2. The Morgan fingerprint density at radius 3 is 2.85 bits per heavy atom. The molecular weight excluding hydrogens is 332 g/mol. The molecule has 2 N–H and O–H groups in total. The van der Waals surface area contributed by atoms with Crippen molar-refractivity contribution in [2.45, 2.75) is 38.4 Å². The number of primary amides is 1. The summed E-state index contributed by atoms with van der Waals surface area (Å²) < 4.78 is 5.52. The average molecular weight is 354 g/mol. The van der Waals surface area contributed by atoms with Gasteiger partial charge in [0.2, 0.25) is 11.8 Å². The Morgan fingerprint density at radius 2 is 2.04 bits per heavy atom. The summed E-state index contributed by atoms with van der Waals surface area (Å²) in [7, 11) is 0. The van der Waals surface area contributed by atoms with Crippen molar-refractivity contribution in [3.05, 3.63) is 53.2 Å². The van der Waals surface area contributed by atoms with E-state index in [4.69, 9.17) is 10.2 Å². The number of likely N-dealkylation sites (tertiary alicyclic amines) is 1. The maximum atomic E-state index is 12.6. The van der Waals surface area contributed by atoms with E-state index >= 15 is 0 Å². The van der Waals surface area contributed by atoms with Crippen LogP contribution in [0.4, 0.5) is 0 Å². The van der Waals surface area contributed by atoms with E-state index in [1.807, 2.05) is 0 Å². The Hall–Kier alpha value is -2.67. The minimum absolute atomic E-state index is 0.241. The fraction of sp³-hybridized carbons (Fsp3) is 0.421. The van der Waals surface area contributed by atoms with Crippen LogP contribution in [-0.2, 0) is 24.3 Å². The Labute approximate surface area is 151 Å². The fourth-order valence-corrected chi connectivity index (χ4v) is 3.81. The van der Waals surface area contributed by atoms with Crippen molar-refractivity contribution >= 4 is 11.8 Å². The predicted molar refractivity (Wildman–Crippen MR) is 94.0 cm³/mol. The summed E-state index contributed by atoms with van der Waals surface area (Å²) in [6.07, 6.45) is 3.76. The van der Waals surface area contributed by atoms with Crippen molar-refractivity contribution in [3.8, 4) is 0 Å². The second-order valence-electron chi connectivity index (χ2n) is 6.91. The number of carbonyl (C=O) groups is 2. The zero-order valence-corrected chi connectivity index (χ0v) is 14.6. The van der Waals surface area contributed by atoms with Crippen molar-refractivity contribution in [2.75, 3.05) is 13.1 Å². The van der Waals surface area contributed by atoms with E-state index in [-0.39, 0.29) is 11.6 Å². The zero-order chi connectivity index (χ0) is 18.1. The van der Waals surface area contributed by atoms with E-state index in [1.54, 1.807) is 0 Å². The van der Waals surface area contributed by atoms with Gasteiger partial charge in [-0.25, -0.2) is 4.98 Å². The number of hydrogen-bond acceptors (Lipinski definition) is 5. The third-order valence-electron chi connectivity index (χ3n) is 5.18. The molecule has 1 fully saturated rings. The monoisotopic (exact) mass is 354 g/mol. The molecule has 0 bridgehead atoms. The first-order valence-electron chi connectivity index (χ1n) is 8.95. The van der Waals surface area contributed by atoms with E-state index < -0.39 is 11.9 Å². The second-order valence-corrected chi connectivity index (χ2v) is 6.91. The van der Waals surface area contributed by atoms with Gasteiger partial charge in [0, 0.05) is 19.6 Å². The summed E-state index contributed by atoms with van der Waals surface area (Å²) in [5.41, 5.74) is 8.34. The van der Waals surface area contributed by atoms with Crippen molar-refractivity contribution < 1.29 is 14.0 Å². The van der Waals surface area contributed by atoms with Crippen LogP contribution in [-0.4, -0.2) is 45.7 Å². The molecule has 3 heterocycles. The molecular formula is C19H22N4O3. The molecule has 0 aliphatic carbocycles. The molecule has 1 aromatic carbocycles. The fourth-order valence-electron chi connectivity index (χ4n) is 3.81. The summed E-state index contributed by atoms with van der Waals surface area (Å²) in [6, 6.07) is 7.89. The van der Waals surface area contributed by atoms with Gasteiger partial charge in [0.1, 0.15) is 12.3 Å². The minimum atomic E-state index is -0.541. The number of oxazole rings is 1. The molecule has 0 radical (unpaired) electrons.